The molecule has 24 heavy (non-hydrogen) atoms. The molecule has 2 heterocycles. The number of nitrogens with zero attached hydrogens (tertiary/aromatic N) is 2. The van der Waals surface area contributed by atoms with Crippen LogP contribution < -0.4 is 15.5 Å². The summed E-state index contributed by atoms with van der Waals surface area (Å²) in [5.41, 5.74) is 1.33. The number of fused-ring (bicyclic) bond motifs is 1. The molecule has 0 radical (unpaired) electrons. The first kappa shape index (κ1) is 15.7. The van der Waals surface area contributed by atoms with Gasteiger partial charge in [0.1, 0.15) is 17.1 Å². The Bertz CT molecular complexity index is 992. The zero-order valence-corrected chi connectivity index (χ0v) is 13.7. The number of methoxy groups -OCH3 is 1. The Morgan fingerprint density at radius 3 is 2.79 bits per heavy atom. The van der Waals surface area contributed by atoms with Gasteiger partial charge in [-0.15, -0.1) is 0 Å². The molecule has 6 nitrogen and oxygen atoms in total. The molecular formula is C18H17N3O3. The Kier molecular flexibility index (Phi) is 4.04. The number of anilines is 1. The summed E-state index contributed by atoms with van der Waals surface area (Å²) in [4.78, 5) is 29.3. The minimum atomic E-state index is -0.488. The van der Waals surface area contributed by atoms with Gasteiger partial charge in [0, 0.05) is 19.4 Å². The fourth-order valence-electron chi connectivity index (χ4n) is 2.65. The molecule has 0 atom stereocenters. The number of aryl methyl sites for hydroxylation is 2. The van der Waals surface area contributed by atoms with Crippen molar-refractivity contribution in [1.82, 2.24) is 9.55 Å². The van der Waals surface area contributed by atoms with E-state index in [1.165, 1.54) is 6.20 Å². The standard InChI is InChI=1S/C18H17N3O3/c1-11-7-8-19-15(9-11)20-18(23)13-10-21(2)16-12(17(13)22)5-4-6-14(16)24-3/h4-10H,1-3H3,(H,19,20,23). The lowest BCUT2D eigenvalue weighted by molar-refractivity contribution is 0.102. The van der Waals surface area contributed by atoms with Crippen LogP contribution in [0.15, 0.2) is 47.5 Å². The second-order valence-corrected chi connectivity index (χ2v) is 5.51. The maximum absolute atomic E-state index is 12.7. The topological polar surface area (TPSA) is 73.2 Å². The predicted octanol–water partition coefficient (Wildman–Crippen LogP) is 2.50. The molecule has 0 spiro atoms. The second kappa shape index (κ2) is 6.16. The minimum Gasteiger partial charge on any atom is -0.495 e. The highest BCUT2D eigenvalue weighted by atomic mass is 16.5. The van der Waals surface area contributed by atoms with Crippen LogP contribution in [0, 0.1) is 6.92 Å². The normalized spacial score (nSPS) is 10.6. The van der Waals surface area contributed by atoms with Gasteiger partial charge in [-0.1, -0.05) is 6.07 Å². The maximum atomic E-state index is 12.7. The van der Waals surface area contributed by atoms with Gasteiger partial charge in [0.2, 0.25) is 5.43 Å². The van der Waals surface area contributed by atoms with Crippen molar-refractivity contribution in [2.24, 2.45) is 7.05 Å². The van der Waals surface area contributed by atoms with E-state index < -0.39 is 5.91 Å². The Morgan fingerprint density at radius 1 is 1.29 bits per heavy atom. The predicted molar refractivity (Wildman–Crippen MR) is 92.7 cm³/mol. The van der Waals surface area contributed by atoms with E-state index in [0.29, 0.717) is 22.5 Å². The van der Waals surface area contributed by atoms with Crippen molar-refractivity contribution in [3.63, 3.8) is 0 Å². The number of benzene rings is 1. The van der Waals surface area contributed by atoms with Crippen molar-refractivity contribution >= 4 is 22.6 Å². The molecule has 0 aliphatic heterocycles. The third-order valence-corrected chi connectivity index (χ3v) is 3.79. The molecule has 1 aromatic carbocycles. The van der Waals surface area contributed by atoms with Crippen molar-refractivity contribution in [3.05, 3.63) is 64.1 Å². The number of rotatable bonds is 3. The van der Waals surface area contributed by atoms with Gasteiger partial charge in [-0.2, -0.15) is 0 Å². The van der Waals surface area contributed by atoms with Crippen molar-refractivity contribution in [1.29, 1.82) is 0 Å². The Morgan fingerprint density at radius 2 is 2.08 bits per heavy atom. The Hall–Kier alpha value is -3.15. The average Bonchev–Trinajstić information content (AvgIpc) is 2.57. The number of carbonyl (C=O) groups excluding carboxylic acids is 1. The van der Waals surface area contributed by atoms with E-state index in [9.17, 15) is 9.59 Å². The number of carbonyl (C=O) groups is 1. The lowest BCUT2D eigenvalue weighted by Crippen LogP contribution is -2.24. The van der Waals surface area contributed by atoms with Gasteiger partial charge in [-0.05, 0) is 36.8 Å². The first-order chi connectivity index (χ1) is 11.5. The highest BCUT2D eigenvalue weighted by molar-refractivity contribution is 6.05. The van der Waals surface area contributed by atoms with Crippen molar-refractivity contribution < 1.29 is 9.53 Å². The van der Waals surface area contributed by atoms with Gasteiger partial charge in [0.15, 0.2) is 0 Å². The quantitative estimate of drug-likeness (QED) is 0.804. The summed E-state index contributed by atoms with van der Waals surface area (Å²) in [6.07, 6.45) is 3.12. The van der Waals surface area contributed by atoms with Crippen molar-refractivity contribution in [2.45, 2.75) is 6.92 Å². The summed E-state index contributed by atoms with van der Waals surface area (Å²) in [6.45, 7) is 1.90. The first-order valence-electron chi connectivity index (χ1n) is 7.41. The molecule has 0 unspecified atom stereocenters. The Labute approximate surface area is 138 Å². The van der Waals surface area contributed by atoms with Crippen LogP contribution in [0.5, 0.6) is 5.75 Å². The molecule has 1 amide bonds. The number of ether oxygens (including phenoxy) is 1. The van der Waals surface area contributed by atoms with Gasteiger partial charge in [0.25, 0.3) is 5.91 Å². The molecular weight excluding hydrogens is 306 g/mol. The molecule has 6 heteroatoms. The lowest BCUT2D eigenvalue weighted by atomic mass is 10.1. The second-order valence-electron chi connectivity index (χ2n) is 5.51. The third-order valence-electron chi connectivity index (χ3n) is 3.79. The van der Waals surface area contributed by atoms with E-state index in [2.05, 4.69) is 10.3 Å². The van der Waals surface area contributed by atoms with Gasteiger partial charge in [-0.3, -0.25) is 9.59 Å². The summed E-state index contributed by atoms with van der Waals surface area (Å²) < 4.78 is 7.02. The van der Waals surface area contributed by atoms with Crippen molar-refractivity contribution in [2.75, 3.05) is 12.4 Å². The largest absolute Gasteiger partial charge is 0.495 e. The molecule has 0 bridgehead atoms. The average molecular weight is 323 g/mol. The molecule has 3 aromatic rings. The zero-order chi connectivity index (χ0) is 17.3. The highest BCUT2D eigenvalue weighted by Gasteiger charge is 2.17. The van der Waals surface area contributed by atoms with Gasteiger partial charge in [-0.25, -0.2) is 4.98 Å². The van der Waals surface area contributed by atoms with Crippen LogP contribution in [0.25, 0.3) is 10.9 Å². The fraction of sp³-hybridized carbons (Fsp3) is 0.167. The summed E-state index contributed by atoms with van der Waals surface area (Å²) in [6, 6.07) is 8.76. The van der Waals surface area contributed by atoms with E-state index in [1.54, 1.807) is 49.2 Å². The molecule has 122 valence electrons. The monoisotopic (exact) mass is 323 g/mol. The van der Waals surface area contributed by atoms with Crippen LogP contribution in [-0.4, -0.2) is 22.6 Å². The van der Waals surface area contributed by atoms with Crippen LogP contribution in [0.1, 0.15) is 15.9 Å². The zero-order valence-electron chi connectivity index (χ0n) is 13.7. The smallest absolute Gasteiger partial charge is 0.262 e. The van der Waals surface area contributed by atoms with Crippen LogP contribution in [-0.2, 0) is 7.05 Å². The van der Waals surface area contributed by atoms with E-state index in [0.717, 1.165) is 5.56 Å². The summed E-state index contributed by atoms with van der Waals surface area (Å²) in [5.74, 6) is 0.505. The van der Waals surface area contributed by atoms with E-state index in [4.69, 9.17) is 4.74 Å². The highest BCUT2D eigenvalue weighted by Crippen LogP contribution is 2.23. The molecule has 1 N–H and O–H groups in total. The first-order valence-corrected chi connectivity index (χ1v) is 7.41. The van der Waals surface area contributed by atoms with Crippen LogP contribution in [0.2, 0.25) is 0 Å². The fourth-order valence-corrected chi connectivity index (χ4v) is 2.65. The number of para-hydroxylation sites is 1. The lowest BCUT2D eigenvalue weighted by Gasteiger charge is -2.12. The number of amides is 1. The SMILES string of the molecule is COc1cccc2c(=O)c(C(=O)Nc3cc(C)ccn3)cn(C)c12. The van der Waals surface area contributed by atoms with Crippen LogP contribution >= 0.6 is 0 Å². The van der Waals surface area contributed by atoms with E-state index in [-0.39, 0.29) is 11.0 Å². The number of pyridine rings is 2. The molecule has 0 saturated carbocycles. The molecule has 0 fully saturated rings. The Balaban J connectivity index is 2.09. The maximum Gasteiger partial charge on any atom is 0.262 e. The summed E-state index contributed by atoms with van der Waals surface area (Å²) in [5, 5.41) is 3.10. The molecule has 0 aliphatic carbocycles. The molecule has 2 aromatic heterocycles. The van der Waals surface area contributed by atoms with Gasteiger partial charge < -0.3 is 14.6 Å². The summed E-state index contributed by atoms with van der Waals surface area (Å²) in [7, 11) is 3.31. The molecule has 0 saturated heterocycles. The number of aromatic nitrogens is 2. The number of hydrogen-bond donors (Lipinski definition) is 1. The van der Waals surface area contributed by atoms with E-state index >= 15 is 0 Å². The number of nitrogens with one attached hydrogen (secondary N) is 1. The minimum absolute atomic E-state index is 0.0570. The van der Waals surface area contributed by atoms with Gasteiger partial charge in [0.05, 0.1) is 18.0 Å². The van der Waals surface area contributed by atoms with E-state index in [1.807, 2.05) is 13.0 Å². The van der Waals surface area contributed by atoms with Crippen molar-refractivity contribution in [3.8, 4) is 5.75 Å². The van der Waals surface area contributed by atoms with Crippen LogP contribution in [0.4, 0.5) is 5.82 Å². The number of hydrogen-bond acceptors (Lipinski definition) is 4. The van der Waals surface area contributed by atoms with Crippen LogP contribution in [0.3, 0.4) is 0 Å². The molecule has 0 aliphatic rings. The third kappa shape index (κ3) is 2.74. The molecule has 3 rings (SSSR count). The van der Waals surface area contributed by atoms with Gasteiger partial charge >= 0.3 is 0 Å². The summed E-state index contributed by atoms with van der Waals surface area (Å²) >= 11 is 0.